The lowest BCUT2D eigenvalue weighted by Crippen LogP contribution is -2.41. The van der Waals surface area contributed by atoms with Crippen LogP contribution in [0.1, 0.15) is 35.7 Å². The molecular weight excluding hydrogens is 554 g/mol. The van der Waals surface area contributed by atoms with Crippen molar-refractivity contribution in [1.29, 1.82) is 0 Å². The molecule has 1 saturated heterocycles. The predicted molar refractivity (Wildman–Crippen MR) is 152 cm³/mol. The number of H-pyrrole nitrogens is 1. The summed E-state index contributed by atoms with van der Waals surface area (Å²) in [5.74, 6) is -2.78. The number of aromatic amines is 1. The number of pyridine rings is 1. The van der Waals surface area contributed by atoms with Gasteiger partial charge in [0.1, 0.15) is 11.5 Å². The highest BCUT2D eigenvalue weighted by Gasteiger charge is 2.27. The molecule has 5 rings (SSSR count). The number of rotatable bonds is 9. The van der Waals surface area contributed by atoms with Crippen LogP contribution in [0.15, 0.2) is 43.0 Å². The van der Waals surface area contributed by atoms with Crippen molar-refractivity contribution < 1.29 is 22.0 Å². The van der Waals surface area contributed by atoms with Crippen LogP contribution in [0.3, 0.4) is 0 Å². The van der Waals surface area contributed by atoms with Crippen molar-refractivity contribution in [2.45, 2.75) is 25.8 Å². The van der Waals surface area contributed by atoms with Crippen LogP contribution in [0.25, 0.3) is 22.2 Å². The van der Waals surface area contributed by atoms with Crippen molar-refractivity contribution in [3.05, 3.63) is 65.7 Å². The van der Waals surface area contributed by atoms with Crippen LogP contribution in [-0.4, -0.2) is 78.2 Å². The van der Waals surface area contributed by atoms with Crippen molar-refractivity contribution in [2.75, 3.05) is 43.4 Å². The van der Waals surface area contributed by atoms with E-state index >= 15 is 4.39 Å². The van der Waals surface area contributed by atoms with Gasteiger partial charge < -0.3 is 15.2 Å². The lowest BCUT2D eigenvalue weighted by molar-refractivity contribution is 0.103. The molecule has 0 radical (unpaired) electrons. The van der Waals surface area contributed by atoms with E-state index in [2.05, 4.69) is 34.9 Å². The second kappa shape index (κ2) is 11.5. The molecule has 4 heterocycles. The molecule has 0 amide bonds. The van der Waals surface area contributed by atoms with Gasteiger partial charge in [-0.25, -0.2) is 23.7 Å². The Morgan fingerprint density at radius 3 is 2.46 bits per heavy atom. The minimum atomic E-state index is -4.10. The van der Waals surface area contributed by atoms with Crippen molar-refractivity contribution in [2.24, 2.45) is 0 Å². The molecule has 3 aromatic heterocycles. The highest BCUT2D eigenvalue weighted by atomic mass is 32.2. The molecule has 0 unspecified atom stereocenters. The number of anilines is 2. The maximum absolute atomic E-state index is 15.4. The summed E-state index contributed by atoms with van der Waals surface area (Å²) in [5.41, 5.74) is 0.150. The van der Waals surface area contributed by atoms with E-state index in [4.69, 9.17) is 0 Å². The van der Waals surface area contributed by atoms with Crippen LogP contribution in [0.5, 0.6) is 0 Å². The Kier molecular flexibility index (Phi) is 7.98. The third-order valence-corrected chi connectivity index (χ3v) is 8.90. The van der Waals surface area contributed by atoms with Crippen LogP contribution in [0, 0.1) is 11.6 Å². The number of hydrogen-bond donors (Lipinski definition) is 3. The largest absolute Gasteiger partial charge is 0.345 e. The van der Waals surface area contributed by atoms with E-state index in [1.165, 1.54) is 13.2 Å². The molecule has 1 aliphatic heterocycles. The maximum atomic E-state index is 15.4. The first kappa shape index (κ1) is 28.5. The molecule has 1 aliphatic rings. The summed E-state index contributed by atoms with van der Waals surface area (Å²) in [7, 11) is -0.841. The van der Waals surface area contributed by atoms with E-state index in [1.54, 1.807) is 31.6 Å². The molecule has 14 heteroatoms. The number of halogens is 2. The van der Waals surface area contributed by atoms with Gasteiger partial charge in [0.05, 0.1) is 11.3 Å². The first-order valence-corrected chi connectivity index (χ1v) is 14.6. The molecule has 4 aromatic rings. The lowest BCUT2D eigenvalue weighted by Gasteiger charge is -2.31. The van der Waals surface area contributed by atoms with Crippen LogP contribution in [0.2, 0.25) is 0 Å². The monoisotopic (exact) mass is 584 g/mol. The van der Waals surface area contributed by atoms with Gasteiger partial charge in [0, 0.05) is 79.6 Å². The molecule has 0 aliphatic carbocycles. The van der Waals surface area contributed by atoms with Crippen molar-refractivity contribution >= 4 is 38.7 Å². The number of nitrogens with zero attached hydrogens (tertiary/aromatic N) is 5. The van der Waals surface area contributed by atoms with Gasteiger partial charge in [-0.05, 0) is 38.1 Å². The zero-order valence-electron chi connectivity index (χ0n) is 22.8. The molecule has 0 saturated carbocycles. The number of ketones is 1. The molecule has 1 aromatic carbocycles. The molecule has 0 bridgehead atoms. The Morgan fingerprint density at radius 2 is 1.80 bits per heavy atom. The third-order valence-electron chi connectivity index (χ3n) is 7.35. The summed E-state index contributed by atoms with van der Waals surface area (Å²) in [4.78, 5) is 31.8. The number of fused-ring (bicyclic) bond motifs is 1. The average molecular weight is 585 g/mol. The Balaban J connectivity index is 1.44. The number of benzene rings is 1. The first-order chi connectivity index (χ1) is 19.6. The maximum Gasteiger partial charge on any atom is 0.301 e. The second-order valence-corrected chi connectivity index (χ2v) is 11.6. The molecule has 0 atom stereocenters. The predicted octanol–water partition coefficient (Wildman–Crippen LogP) is 3.33. The smallest absolute Gasteiger partial charge is 0.301 e. The zero-order chi connectivity index (χ0) is 29.3. The van der Waals surface area contributed by atoms with E-state index in [-0.39, 0.29) is 12.1 Å². The summed E-state index contributed by atoms with van der Waals surface area (Å²) < 4.78 is 58.0. The Bertz CT molecular complexity index is 1690. The number of carbonyl (C=O) groups excluding carboxylic acids is 1. The highest BCUT2D eigenvalue weighted by Crippen LogP contribution is 2.30. The van der Waals surface area contributed by atoms with Gasteiger partial charge in [-0.1, -0.05) is 6.92 Å². The molecule has 1 fully saturated rings. The minimum Gasteiger partial charge on any atom is -0.345 e. The number of piperidine rings is 1. The number of nitrogens with one attached hydrogen (secondary N) is 3. The third kappa shape index (κ3) is 5.62. The van der Waals surface area contributed by atoms with Gasteiger partial charge in [-0.3, -0.25) is 9.52 Å². The van der Waals surface area contributed by atoms with Crippen molar-refractivity contribution in [3.8, 4) is 11.1 Å². The quantitative estimate of drug-likeness (QED) is 0.255. The van der Waals surface area contributed by atoms with Gasteiger partial charge >= 0.3 is 10.2 Å². The van der Waals surface area contributed by atoms with Gasteiger partial charge in [0.15, 0.2) is 5.82 Å². The van der Waals surface area contributed by atoms with Crippen molar-refractivity contribution in [1.82, 2.24) is 29.6 Å². The lowest BCUT2D eigenvalue weighted by atomic mass is 10.0. The summed E-state index contributed by atoms with van der Waals surface area (Å²) in [5, 5.41) is 3.63. The standard InChI is InChI=1S/C27H30F2N8O3S/c1-4-36(3)41(39,40)35-22-6-5-21(28)23(24(22)29)25(38)20-15-32-26-19(20)11-16(12-31-26)17-13-33-27(34-14-17)37-9-7-18(30-2)8-10-37/h5-6,11-15,18,30,35H,4,7-10H2,1-3H3,(H,31,32). The Hall–Kier alpha value is -4.01. The SMILES string of the molecule is CCN(C)S(=O)(=O)Nc1ccc(F)c(C(=O)c2c[nH]c3ncc(-c4cnc(N5CCC(NC)CC5)nc4)cc23)c1F. The molecule has 41 heavy (non-hydrogen) atoms. The fourth-order valence-corrected chi connectivity index (χ4v) is 5.64. The van der Waals surface area contributed by atoms with Crippen LogP contribution >= 0.6 is 0 Å². The topological polar surface area (TPSA) is 136 Å². The number of aromatic nitrogens is 4. The van der Waals surface area contributed by atoms with E-state index in [9.17, 15) is 17.6 Å². The molecule has 11 nitrogen and oxygen atoms in total. The van der Waals surface area contributed by atoms with Gasteiger partial charge in [0.2, 0.25) is 11.7 Å². The zero-order valence-corrected chi connectivity index (χ0v) is 23.6. The van der Waals surface area contributed by atoms with Crippen LogP contribution in [0.4, 0.5) is 20.4 Å². The number of hydrogen-bond acceptors (Lipinski definition) is 8. The summed E-state index contributed by atoms with van der Waals surface area (Å²) >= 11 is 0. The fraction of sp³-hybridized carbons (Fsp3) is 0.333. The number of carbonyl (C=O) groups is 1. The second-order valence-electron chi connectivity index (χ2n) is 9.78. The normalized spacial score (nSPS) is 14.6. The van der Waals surface area contributed by atoms with E-state index < -0.39 is 38.9 Å². The van der Waals surface area contributed by atoms with Crippen molar-refractivity contribution in [3.63, 3.8) is 0 Å². The molecule has 216 valence electrons. The van der Waals surface area contributed by atoms with Crippen LogP contribution in [-0.2, 0) is 10.2 Å². The summed E-state index contributed by atoms with van der Waals surface area (Å²) in [6.07, 6.45) is 8.25. The average Bonchev–Trinajstić information content (AvgIpc) is 3.41. The Morgan fingerprint density at radius 1 is 1.12 bits per heavy atom. The minimum absolute atomic E-state index is 0.0252. The van der Waals surface area contributed by atoms with Gasteiger partial charge in [-0.15, -0.1) is 0 Å². The molecule has 3 N–H and O–H groups in total. The highest BCUT2D eigenvalue weighted by molar-refractivity contribution is 7.90. The first-order valence-electron chi connectivity index (χ1n) is 13.1. The van der Waals surface area contributed by atoms with E-state index in [0.717, 1.165) is 42.4 Å². The molecular formula is C27H30F2N8O3S. The molecule has 0 spiro atoms. The van der Waals surface area contributed by atoms with Gasteiger partial charge in [0.25, 0.3) is 0 Å². The van der Waals surface area contributed by atoms with Gasteiger partial charge in [-0.2, -0.15) is 12.7 Å². The Labute approximate surface area is 236 Å². The fourth-order valence-electron chi connectivity index (χ4n) is 4.71. The summed E-state index contributed by atoms with van der Waals surface area (Å²) in [6, 6.07) is 3.93. The van der Waals surface area contributed by atoms with E-state index in [0.29, 0.717) is 34.2 Å². The van der Waals surface area contributed by atoms with Crippen LogP contribution < -0.4 is 14.9 Å². The van der Waals surface area contributed by atoms with E-state index in [1.807, 2.05) is 7.05 Å². The summed E-state index contributed by atoms with van der Waals surface area (Å²) in [6.45, 7) is 3.41.